The van der Waals surface area contributed by atoms with Crippen molar-refractivity contribution >= 4 is 0 Å². The van der Waals surface area contributed by atoms with Crippen LogP contribution in [0.4, 0.5) is 0 Å². The molecular formula is C14H24N2. The Morgan fingerprint density at radius 1 is 1.19 bits per heavy atom. The number of nitrogens with one attached hydrogen (secondary N) is 1. The van der Waals surface area contributed by atoms with Crippen molar-refractivity contribution in [3.05, 3.63) is 35.4 Å². The minimum absolute atomic E-state index is 0.544. The monoisotopic (exact) mass is 220 g/mol. The van der Waals surface area contributed by atoms with Gasteiger partial charge in [0.05, 0.1) is 0 Å². The SMILES string of the molecule is CCNC(Cc1ccc(C)cc1)CN(C)C. The third-order valence-corrected chi connectivity index (χ3v) is 2.68. The van der Waals surface area contributed by atoms with E-state index in [2.05, 4.69) is 62.4 Å². The average molecular weight is 220 g/mol. The summed E-state index contributed by atoms with van der Waals surface area (Å²) in [6, 6.07) is 9.38. The number of aryl methyl sites for hydroxylation is 1. The molecule has 0 aliphatic carbocycles. The largest absolute Gasteiger partial charge is 0.313 e. The number of nitrogens with zero attached hydrogens (tertiary/aromatic N) is 1. The van der Waals surface area contributed by atoms with Crippen LogP contribution in [-0.2, 0) is 6.42 Å². The van der Waals surface area contributed by atoms with Crippen molar-refractivity contribution < 1.29 is 0 Å². The van der Waals surface area contributed by atoms with Crippen molar-refractivity contribution in [2.75, 3.05) is 27.2 Å². The summed E-state index contributed by atoms with van der Waals surface area (Å²) in [4.78, 5) is 2.24. The van der Waals surface area contributed by atoms with Gasteiger partial charge in [-0.1, -0.05) is 36.8 Å². The van der Waals surface area contributed by atoms with E-state index in [1.807, 2.05) is 0 Å². The summed E-state index contributed by atoms with van der Waals surface area (Å²) >= 11 is 0. The van der Waals surface area contributed by atoms with E-state index in [4.69, 9.17) is 0 Å². The maximum absolute atomic E-state index is 3.54. The van der Waals surface area contributed by atoms with Gasteiger partial charge in [-0.25, -0.2) is 0 Å². The van der Waals surface area contributed by atoms with E-state index in [-0.39, 0.29) is 0 Å². The molecule has 1 aromatic carbocycles. The molecule has 0 saturated carbocycles. The predicted molar refractivity (Wildman–Crippen MR) is 70.9 cm³/mol. The fraction of sp³-hybridized carbons (Fsp3) is 0.571. The maximum atomic E-state index is 3.54. The molecular weight excluding hydrogens is 196 g/mol. The van der Waals surface area contributed by atoms with Crippen LogP contribution in [0.25, 0.3) is 0 Å². The Balaban J connectivity index is 2.56. The molecule has 0 bridgehead atoms. The van der Waals surface area contributed by atoms with Gasteiger partial charge in [0.1, 0.15) is 0 Å². The van der Waals surface area contributed by atoms with E-state index in [9.17, 15) is 0 Å². The van der Waals surface area contributed by atoms with Crippen LogP contribution in [0.2, 0.25) is 0 Å². The second-order valence-electron chi connectivity index (χ2n) is 4.71. The van der Waals surface area contributed by atoms with Crippen LogP contribution in [0.15, 0.2) is 24.3 Å². The van der Waals surface area contributed by atoms with Crippen LogP contribution in [-0.4, -0.2) is 38.1 Å². The Hall–Kier alpha value is -0.860. The van der Waals surface area contributed by atoms with E-state index >= 15 is 0 Å². The lowest BCUT2D eigenvalue weighted by Gasteiger charge is -2.22. The first-order valence-corrected chi connectivity index (χ1v) is 6.05. The van der Waals surface area contributed by atoms with Gasteiger partial charge in [-0.3, -0.25) is 0 Å². The van der Waals surface area contributed by atoms with Crippen LogP contribution in [0, 0.1) is 6.92 Å². The molecule has 2 nitrogen and oxygen atoms in total. The highest BCUT2D eigenvalue weighted by atomic mass is 15.1. The van der Waals surface area contributed by atoms with Crippen LogP contribution >= 0.6 is 0 Å². The molecule has 0 spiro atoms. The first-order chi connectivity index (χ1) is 7.61. The molecule has 0 aliphatic rings. The number of hydrogen-bond acceptors (Lipinski definition) is 2. The van der Waals surface area contributed by atoms with Crippen molar-refractivity contribution in [2.45, 2.75) is 26.3 Å². The number of benzene rings is 1. The van der Waals surface area contributed by atoms with Crippen LogP contribution in [0.3, 0.4) is 0 Å². The summed E-state index contributed by atoms with van der Waals surface area (Å²) in [5.41, 5.74) is 2.75. The van der Waals surface area contributed by atoms with Crippen molar-refractivity contribution in [1.82, 2.24) is 10.2 Å². The molecule has 0 heterocycles. The third kappa shape index (κ3) is 4.77. The fourth-order valence-electron chi connectivity index (χ4n) is 1.94. The van der Waals surface area contributed by atoms with Crippen molar-refractivity contribution in [2.24, 2.45) is 0 Å². The first-order valence-electron chi connectivity index (χ1n) is 6.05. The zero-order valence-corrected chi connectivity index (χ0v) is 11.0. The lowest BCUT2D eigenvalue weighted by Crippen LogP contribution is -2.39. The van der Waals surface area contributed by atoms with Gasteiger partial charge in [0.2, 0.25) is 0 Å². The van der Waals surface area contributed by atoms with Gasteiger partial charge in [-0.15, -0.1) is 0 Å². The van der Waals surface area contributed by atoms with Gasteiger partial charge >= 0.3 is 0 Å². The van der Waals surface area contributed by atoms with Gasteiger partial charge in [0, 0.05) is 12.6 Å². The van der Waals surface area contributed by atoms with Gasteiger partial charge in [-0.05, 0) is 39.5 Å². The Morgan fingerprint density at radius 3 is 2.31 bits per heavy atom. The van der Waals surface area contributed by atoms with Gasteiger partial charge in [-0.2, -0.15) is 0 Å². The lowest BCUT2D eigenvalue weighted by molar-refractivity contribution is 0.339. The summed E-state index contributed by atoms with van der Waals surface area (Å²) in [5, 5.41) is 3.54. The first kappa shape index (κ1) is 13.2. The summed E-state index contributed by atoms with van der Waals surface area (Å²) in [5.74, 6) is 0. The van der Waals surface area contributed by atoms with Crippen molar-refractivity contribution in [3.8, 4) is 0 Å². The Morgan fingerprint density at radius 2 is 1.81 bits per heavy atom. The molecule has 0 amide bonds. The van der Waals surface area contributed by atoms with E-state index in [0.717, 1.165) is 19.5 Å². The molecule has 16 heavy (non-hydrogen) atoms. The van der Waals surface area contributed by atoms with E-state index in [1.165, 1.54) is 11.1 Å². The fourth-order valence-corrected chi connectivity index (χ4v) is 1.94. The molecule has 0 radical (unpaired) electrons. The van der Waals surface area contributed by atoms with E-state index in [0.29, 0.717) is 6.04 Å². The third-order valence-electron chi connectivity index (χ3n) is 2.68. The normalized spacial score (nSPS) is 13.1. The molecule has 0 fully saturated rings. The van der Waals surface area contributed by atoms with Gasteiger partial charge in [0.25, 0.3) is 0 Å². The van der Waals surface area contributed by atoms with Gasteiger partial charge < -0.3 is 10.2 Å². The number of hydrogen-bond donors (Lipinski definition) is 1. The maximum Gasteiger partial charge on any atom is 0.0235 e. The van der Waals surface area contributed by atoms with Crippen molar-refractivity contribution in [3.63, 3.8) is 0 Å². The summed E-state index contributed by atoms with van der Waals surface area (Å²) in [6.45, 7) is 6.41. The van der Waals surface area contributed by atoms with Crippen LogP contribution in [0.1, 0.15) is 18.1 Å². The molecule has 0 aliphatic heterocycles. The highest BCUT2D eigenvalue weighted by molar-refractivity contribution is 5.22. The topological polar surface area (TPSA) is 15.3 Å². The summed E-state index contributed by atoms with van der Waals surface area (Å²) < 4.78 is 0. The molecule has 1 unspecified atom stereocenters. The quantitative estimate of drug-likeness (QED) is 0.789. The average Bonchev–Trinajstić information content (AvgIpc) is 2.21. The zero-order valence-electron chi connectivity index (χ0n) is 11.0. The number of likely N-dealkylation sites (N-methyl/N-ethyl adjacent to an activating group) is 2. The zero-order chi connectivity index (χ0) is 12.0. The number of rotatable bonds is 6. The smallest absolute Gasteiger partial charge is 0.0235 e. The molecule has 0 saturated heterocycles. The molecule has 2 heteroatoms. The predicted octanol–water partition coefficient (Wildman–Crippen LogP) is 2.08. The molecule has 1 aromatic rings. The Labute approximate surface area is 99.7 Å². The standard InChI is InChI=1S/C14H24N2/c1-5-15-14(11-16(3)4)10-13-8-6-12(2)7-9-13/h6-9,14-15H,5,10-11H2,1-4H3. The summed E-state index contributed by atoms with van der Waals surface area (Å²) in [7, 11) is 4.25. The summed E-state index contributed by atoms with van der Waals surface area (Å²) in [6.07, 6.45) is 1.10. The molecule has 90 valence electrons. The minimum atomic E-state index is 0.544. The minimum Gasteiger partial charge on any atom is -0.313 e. The molecule has 1 N–H and O–H groups in total. The molecule has 1 atom stereocenters. The Bertz CT molecular complexity index is 290. The van der Waals surface area contributed by atoms with E-state index < -0.39 is 0 Å². The molecule has 0 aromatic heterocycles. The highest BCUT2D eigenvalue weighted by Crippen LogP contribution is 2.06. The second-order valence-corrected chi connectivity index (χ2v) is 4.71. The van der Waals surface area contributed by atoms with E-state index in [1.54, 1.807) is 0 Å². The van der Waals surface area contributed by atoms with Gasteiger partial charge in [0.15, 0.2) is 0 Å². The Kier molecular flexibility index (Phi) is 5.50. The van der Waals surface area contributed by atoms with Crippen LogP contribution < -0.4 is 5.32 Å². The van der Waals surface area contributed by atoms with Crippen LogP contribution in [0.5, 0.6) is 0 Å². The second kappa shape index (κ2) is 6.66. The lowest BCUT2D eigenvalue weighted by atomic mass is 10.0. The highest BCUT2D eigenvalue weighted by Gasteiger charge is 2.09. The molecule has 1 rings (SSSR count). The van der Waals surface area contributed by atoms with Crippen molar-refractivity contribution in [1.29, 1.82) is 0 Å².